The lowest BCUT2D eigenvalue weighted by molar-refractivity contribution is -0.161. The Labute approximate surface area is 195 Å². The summed E-state index contributed by atoms with van der Waals surface area (Å²) < 4.78 is 32.2. The maximum absolute atomic E-state index is 13.7. The fourth-order valence-electron chi connectivity index (χ4n) is 4.28. The van der Waals surface area contributed by atoms with Crippen LogP contribution in [0.25, 0.3) is 0 Å². The van der Waals surface area contributed by atoms with Crippen LogP contribution in [0.4, 0.5) is 19.3 Å². The number of amides is 4. The normalized spacial score (nSPS) is 17.6. The molecule has 0 radical (unpaired) electrons. The van der Waals surface area contributed by atoms with E-state index in [4.69, 9.17) is 4.74 Å². The Hall–Kier alpha value is -3.76. The summed E-state index contributed by atoms with van der Waals surface area (Å²) in [5.74, 6) is -3.27. The summed E-state index contributed by atoms with van der Waals surface area (Å²) in [6.45, 7) is 0.690. The third-order valence-corrected chi connectivity index (χ3v) is 6.20. The quantitative estimate of drug-likeness (QED) is 0.717. The molecule has 4 rings (SSSR count). The second-order valence-corrected chi connectivity index (χ2v) is 8.46. The van der Waals surface area contributed by atoms with Crippen LogP contribution in [0.15, 0.2) is 42.6 Å². The number of nitrogens with zero attached hydrogens (tertiary/aromatic N) is 4. The summed E-state index contributed by atoms with van der Waals surface area (Å²) in [5.41, 5.74) is -0.369. The van der Waals surface area contributed by atoms with Gasteiger partial charge < -0.3 is 19.9 Å². The number of halogens is 2. The van der Waals surface area contributed by atoms with Crippen LogP contribution in [0.1, 0.15) is 18.1 Å². The van der Waals surface area contributed by atoms with Crippen molar-refractivity contribution < 1.29 is 27.9 Å². The monoisotopic (exact) mass is 473 g/mol. The van der Waals surface area contributed by atoms with Crippen LogP contribution >= 0.6 is 0 Å². The topological polar surface area (TPSA) is 95.1 Å². The van der Waals surface area contributed by atoms with Crippen LogP contribution in [-0.2, 0) is 22.1 Å². The van der Waals surface area contributed by atoms with Crippen molar-refractivity contribution in [1.82, 2.24) is 20.1 Å². The van der Waals surface area contributed by atoms with Crippen molar-refractivity contribution in [2.75, 3.05) is 38.7 Å². The van der Waals surface area contributed by atoms with Gasteiger partial charge in [0.25, 0.3) is 11.8 Å². The van der Waals surface area contributed by atoms with E-state index in [2.05, 4.69) is 10.3 Å². The second-order valence-electron chi connectivity index (χ2n) is 8.46. The predicted molar refractivity (Wildman–Crippen MR) is 118 cm³/mol. The van der Waals surface area contributed by atoms with Gasteiger partial charge in [-0.2, -0.15) is 0 Å². The lowest BCUT2D eigenvalue weighted by Gasteiger charge is -2.57. The summed E-state index contributed by atoms with van der Waals surface area (Å²) in [5, 5.41) is 2.52. The number of hydrogen-bond donors (Lipinski definition) is 1. The highest BCUT2D eigenvalue weighted by atomic mass is 19.3. The van der Waals surface area contributed by atoms with Crippen molar-refractivity contribution in [2.45, 2.75) is 24.9 Å². The van der Waals surface area contributed by atoms with Crippen molar-refractivity contribution in [3.63, 3.8) is 0 Å². The second kappa shape index (κ2) is 8.54. The number of carbonyl (C=O) groups is 3. The fraction of sp³-hybridized carbons (Fsp3) is 0.391. The molecule has 11 heteroatoms. The Morgan fingerprint density at radius 2 is 1.85 bits per heavy atom. The highest BCUT2D eigenvalue weighted by Crippen LogP contribution is 2.37. The van der Waals surface area contributed by atoms with Crippen LogP contribution in [0.5, 0.6) is 5.88 Å². The molecule has 1 aromatic heterocycles. The summed E-state index contributed by atoms with van der Waals surface area (Å²) in [7, 11) is 2.96. The van der Waals surface area contributed by atoms with E-state index < -0.39 is 11.5 Å². The van der Waals surface area contributed by atoms with E-state index in [-0.39, 0.29) is 49.6 Å². The number of anilines is 1. The number of methoxy groups -OCH3 is 1. The molecule has 0 aliphatic carbocycles. The van der Waals surface area contributed by atoms with Gasteiger partial charge in [0.05, 0.1) is 32.1 Å². The minimum atomic E-state index is -2.98. The highest BCUT2D eigenvalue weighted by Gasteiger charge is 2.60. The number of benzene rings is 1. The zero-order chi connectivity index (χ0) is 24.7. The molecule has 0 unspecified atom stereocenters. The number of alkyl halides is 2. The van der Waals surface area contributed by atoms with Crippen LogP contribution in [0, 0.1) is 0 Å². The van der Waals surface area contributed by atoms with E-state index in [1.54, 1.807) is 12.1 Å². The Bertz CT molecular complexity index is 1100. The molecule has 180 valence electrons. The van der Waals surface area contributed by atoms with Crippen molar-refractivity contribution >= 4 is 23.5 Å². The molecule has 0 atom stereocenters. The minimum absolute atomic E-state index is 0.0163. The number of ether oxygens (including phenoxy) is 1. The molecular formula is C23H25F2N5O4. The minimum Gasteiger partial charge on any atom is -0.481 e. The Morgan fingerprint density at radius 3 is 2.38 bits per heavy atom. The number of nitrogens with one attached hydrogen (secondary N) is 1. The average Bonchev–Trinajstić information content (AvgIpc) is 2.79. The molecular weight excluding hydrogens is 448 g/mol. The SMILES string of the molecule is CNC(=O)N1CC2(C1)C(=O)N(c1ccc(OC)nc1)CC(=O)N2Cc1ccc(C(C)(F)F)cc1. The fourth-order valence-corrected chi connectivity index (χ4v) is 4.28. The third kappa shape index (κ3) is 4.02. The van der Waals surface area contributed by atoms with Gasteiger partial charge in [0, 0.05) is 32.1 Å². The first-order valence-corrected chi connectivity index (χ1v) is 10.7. The number of aromatic nitrogens is 1. The molecule has 2 aliphatic heterocycles. The molecule has 2 aromatic rings. The summed E-state index contributed by atoms with van der Waals surface area (Å²) in [6.07, 6.45) is 1.45. The van der Waals surface area contributed by atoms with Gasteiger partial charge in [-0.25, -0.2) is 18.6 Å². The third-order valence-electron chi connectivity index (χ3n) is 6.20. The molecule has 4 amide bonds. The van der Waals surface area contributed by atoms with Crippen molar-refractivity contribution in [2.24, 2.45) is 0 Å². The molecule has 9 nitrogen and oxygen atoms in total. The van der Waals surface area contributed by atoms with Gasteiger partial charge in [-0.05, 0) is 11.6 Å². The number of carbonyl (C=O) groups excluding carboxylic acids is 3. The lowest BCUT2D eigenvalue weighted by atomic mass is 9.83. The molecule has 34 heavy (non-hydrogen) atoms. The van der Waals surface area contributed by atoms with Gasteiger partial charge in [0.15, 0.2) is 5.54 Å². The molecule has 0 saturated carbocycles. The zero-order valence-corrected chi connectivity index (χ0v) is 19.0. The van der Waals surface area contributed by atoms with Gasteiger partial charge in [-0.15, -0.1) is 0 Å². The maximum atomic E-state index is 13.7. The van der Waals surface area contributed by atoms with E-state index in [9.17, 15) is 23.2 Å². The van der Waals surface area contributed by atoms with Gasteiger partial charge in [0.2, 0.25) is 11.8 Å². The number of likely N-dealkylation sites (tertiary alicyclic amines) is 1. The van der Waals surface area contributed by atoms with E-state index in [1.807, 2.05) is 0 Å². The molecule has 1 spiro atoms. The molecule has 2 aliphatic rings. The Morgan fingerprint density at radius 1 is 1.18 bits per heavy atom. The van der Waals surface area contributed by atoms with Crippen molar-refractivity contribution in [1.29, 1.82) is 0 Å². The average molecular weight is 473 g/mol. The first-order valence-electron chi connectivity index (χ1n) is 10.7. The zero-order valence-electron chi connectivity index (χ0n) is 19.0. The van der Waals surface area contributed by atoms with Crippen LogP contribution < -0.4 is 15.0 Å². The lowest BCUT2D eigenvalue weighted by Crippen LogP contribution is -2.81. The standard InChI is InChI=1S/C23H25F2N5O4/c1-22(24,25)16-6-4-15(5-7-16)11-30-19(31)12-29(17-8-9-18(34-3)27-10-17)20(32)23(30)13-28(14-23)21(33)26-2/h4-10H,11-14H2,1-3H3,(H,26,33). The van der Waals surface area contributed by atoms with Crippen LogP contribution in [0.2, 0.25) is 0 Å². The first kappa shape index (κ1) is 23.4. The molecule has 1 aromatic carbocycles. The van der Waals surface area contributed by atoms with Crippen LogP contribution in [0.3, 0.4) is 0 Å². The van der Waals surface area contributed by atoms with E-state index in [1.165, 1.54) is 59.3 Å². The van der Waals surface area contributed by atoms with Crippen LogP contribution in [-0.4, -0.2) is 72.0 Å². The first-order chi connectivity index (χ1) is 16.1. The molecule has 2 saturated heterocycles. The van der Waals surface area contributed by atoms with Crippen molar-refractivity contribution in [3.05, 3.63) is 53.7 Å². The number of urea groups is 1. The van der Waals surface area contributed by atoms with Gasteiger partial charge in [0.1, 0.15) is 6.54 Å². The predicted octanol–water partition coefficient (Wildman–Crippen LogP) is 1.97. The summed E-state index contributed by atoms with van der Waals surface area (Å²) >= 11 is 0. The van der Waals surface area contributed by atoms with Gasteiger partial charge in [-0.3, -0.25) is 14.5 Å². The summed E-state index contributed by atoms with van der Waals surface area (Å²) in [4.78, 5) is 47.4. The largest absolute Gasteiger partial charge is 0.481 e. The van der Waals surface area contributed by atoms with E-state index in [0.29, 0.717) is 17.1 Å². The number of rotatable bonds is 5. The molecule has 0 bridgehead atoms. The molecule has 1 N–H and O–H groups in total. The maximum Gasteiger partial charge on any atom is 0.317 e. The Kier molecular flexibility index (Phi) is 5.88. The highest BCUT2D eigenvalue weighted by molar-refractivity contribution is 6.10. The number of hydrogen-bond acceptors (Lipinski definition) is 5. The molecule has 2 fully saturated rings. The van der Waals surface area contributed by atoms with Crippen molar-refractivity contribution in [3.8, 4) is 5.88 Å². The summed E-state index contributed by atoms with van der Waals surface area (Å²) in [6, 6.07) is 8.54. The number of piperazine rings is 1. The number of pyridine rings is 1. The Balaban J connectivity index is 1.64. The smallest absolute Gasteiger partial charge is 0.317 e. The van der Waals surface area contributed by atoms with E-state index >= 15 is 0 Å². The van der Waals surface area contributed by atoms with Gasteiger partial charge >= 0.3 is 6.03 Å². The van der Waals surface area contributed by atoms with E-state index in [0.717, 1.165) is 6.92 Å². The van der Waals surface area contributed by atoms with Gasteiger partial charge in [-0.1, -0.05) is 24.3 Å². The molecule has 3 heterocycles.